The summed E-state index contributed by atoms with van der Waals surface area (Å²) in [6.45, 7) is 4.06. The van der Waals surface area contributed by atoms with Gasteiger partial charge in [0.15, 0.2) is 0 Å². The normalized spacial score (nSPS) is 14.1. The molecule has 1 unspecified atom stereocenters. The van der Waals surface area contributed by atoms with Crippen LogP contribution >= 0.6 is 23.2 Å². The van der Waals surface area contributed by atoms with Crippen molar-refractivity contribution >= 4 is 23.2 Å². The van der Waals surface area contributed by atoms with E-state index in [9.17, 15) is 4.39 Å². The summed E-state index contributed by atoms with van der Waals surface area (Å²) in [5.74, 6) is -0.392. The first-order chi connectivity index (χ1) is 9.47. The third kappa shape index (κ3) is 3.72. The molecule has 0 heterocycles. The molecule has 106 valence electrons. The van der Waals surface area contributed by atoms with Crippen LogP contribution in [0.4, 0.5) is 4.39 Å². The van der Waals surface area contributed by atoms with Crippen LogP contribution in [0.5, 0.6) is 0 Å². The van der Waals surface area contributed by atoms with E-state index in [1.165, 1.54) is 6.07 Å². The molecule has 0 aromatic heterocycles. The van der Waals surface area contributed by atoms with Gasteiger partial charge in [0.1, 0.15) is 5.82 Å². The summed E-state index contributed by atoms with van der Waals surface area (Å²) < 4.78 is 13.5. The lowest BCUT2D eigenvalue weighted by atomic mass is 10.0. The average Bonchev–Trinajstić information content (AvgIpc) is 2.42. The van der Waals surface area contributed by atoms with Crippen molar-refractivity contribution < 1.29 is 4.39 Å². The van der Waals surface area contributed by atoms with E-state index in [1.807, 2.05) is 37.3 Å². The number of halogens is 3. The second-order valence-corrected chi connectivity index (χ2v) is 5.68. The molecule has 0 saturated heterocycles. The first-order valence-electron chi connectivity index (χ1n) is 6.44. The Kier molecular flexibility index (Phi) is 5.03. The predicted molar refractivity (Wildman–Crippen MR) is 82.8 cm³/mol. The molecule has 2 aromatic carbocycles. The molecule has 0 amide bonds. The molecule has 2 rings (SSSR count). The third-order valence-corrected chi connectivity index (χ3v) is 3.87. The zero-order valence-corrected chi connectivity index (χ0v) is 12.8. The largest absolute Gasteiger partial charge is 0.304 e. The van der Waals surface area contributed by atoms with Gasteiger partial charge in [-0.25, -0.2) is 4.39 Å². The van der Waals surface area contributed by atoms with Crippen LogP contribution in [0.1, 0.15) is 37.1 Å². The Hall–Kier alpha value is -1.09. The fourth-order valence-electron chi connectivity index (χ4n) is 2.10. The quantitative estimate of drug-likeness (QED) is 0.781. The van der Waals surface area contributed by atoms with Crippen molar-refractivity contribution in [3.63, 3.8) is 0 Å². The molecular formula is C16H16Cl2FN. The van der Waals surface area contributed by atoms with Crippen LogP contribution < -0.4 is 5.32 Å². The van der Waals surface area contributed by atoms with Gasteiger partial charge in [0.2, 0.25) is 0 Å². The Bertz CT molecular complexity index is 584. The second-order valence-electron chi connectivity index (χ2n) is 4.84. The Labute approximate surface area is 128 Å². The lowest BCUT2D eigenvalue weighted by Gasteiger charge is -2.21. The van der Waals surface area contributed by atoms with Crippen LogP contribution in [0.2, 0.25) is 10.0 Å². The van der Waals surface area contributed by atoms with Crippen molar-refractivity contribution in [1.29, 1.82) is 0 Å². The molecule has 0 aliphatic heterocycles. The molecule has 0 spiro atoms. The minimum Gasteiger partial charge on any atom is -0.304 e. The molecule has 2 atom stereocenters. The van der Waals surface area contributed by atoms with Crippen molar-refractivity contribution in [2.75, 3.05) is 0 Å². The first kappa shape index (κ1) is 15.3. The highest BCUT2D eigenvalue weighted by Crippen LogP contribution is 2.23. The molecule has 2 aromatic rings. The van der Waals surface area contributed by atoms with Gasteiger partial charge in [-0.2, -0.15) is 0 Å². The monoisotopic (exact) mass is 311 g/mol. The van der Waals surface area contributed by atoms with Gasteiger partial charge in [0, 0.05) is 17.1 Å². The van der Waals surface area contributed by atoms with Gasteiger partial charge in [-0.15, -0.1) is 0 Å². The molecule has 0 aliphatic rings. The minimum absolute atomic E-state index is 0.0208. The maximum absolute atomic E-state index is 13.5. The molecule has 0 fully saturated rings. The molecular weight excluding hydrogens is 296 g/mol. The van der Waals surface area contributed by atoms with Crippen molar-refractivity contribution in [1.82, 2.24) is 5.32 Å². The van der Waals surface area contributed by atoms with E-state index in [0.717, 1.165) is 11.1 Å². The SMILES string of the molecule is CC(N[C@@H](C)c1ccc(Cl)cc1)c1ccc(Cl)c(F)c1. The van der Waals surface area contributed by atoms with E-state index in [2.05, 4.69) is 12.2 Å². The number of benzene rings is 2. The van der Waals surface area contributed by atoms with Crippen molar-refractivity contribution in [3.8, 4) is 0 Å². The molecule has 1 N–H and O–H groups in total. The Morgan fingerprint density at radius 2 is 1.45 bits per heavy atom. The van der Waals surface area contributed by atoms with Crippen molar-refractivity contribution in [3.05, 3.63) is 69.5 Å². The van der Waals surface area contributed by atoms with E-state index < -0.39 is 5.82 Å². The summed E-state index contributed by atoms with van der Waals surface area (Å²) in [7, 11) is 0. The Morgan fingerprint density at radius 1 is 0.900 bits per heavy atom. The number of rotatable bonds is 4. The number of hydrogen-bond donors (Lipinski definition) is 1. The molecule has 20 heavy (non-hydrogen) atoms. The van der Waals surface area contributed by atoms with Gasteiger partial charge in [-0.3, -0.25) is 0 Å². The smallest absolute Gasteiger partial charge is 0.142 e. The fraction of sp³-hybridized carbons (Fsp3) is 0.250. The molecule has 0 saturated carbocycles. The summed E-state index contributed by atoms with van der Waals surface area (Å²) in [4.78, 5) is 0. The minimum atomic E-state index is -0.392. The van der Waals surface area contributed by atoms with E-state index in [4.69, 9.17) is 23.2 Å². The number of nitrogens with one attached hydrogen (secondary N) is 1. The van der Waals surface area contributed by atoms with Crippen LogP contribution in [0.25, 0.3) is 0 Å². The maximum Gasteiger partial charge on any atom is 0.142 e. The van der Waals surface area contributed by atoms with E-state index in [-0.39, 0.29) is 17.1 Å². The van der Waals surface area contributed by atoms with Crippen LogP contribution in [-0.4, -0.2) is 0 Å². The molecule has 0 radical (unpaired) electrons. The van der Waals surface area contributed by atoms with Gasteiger partial charge < -0.3 is 5.32 Å². The summed E-state index contributed by atoms with van der Waals surface area (Å²) in [5.41, 5.74) is 2.00. The lowest BCUT2D eigenvalue weighted by molar-refractivity contribution is 0.492. The van der Waals surface area contributed by atoms with Gasteiger partial charge in [-0.1, -0.05) is 41.4 Å². The standard InChI is InChI=1S/C16H16Cl2FN/c1-10(12-3-6-14(17)7-4-12)20-11(2)13-5-8-15(18)16(19)9-13/h3-11,20H,1-2H3/t10-,11?/m0/s1. The van der Waals surface area contributed by atoms with Crippen molar-refractivity contribution in [2.24, 2.45) is 0 Å². The lowest BCUT2D eigenvalue weighted by Crippen LogP contribution is -2.22. The highest BCUT2D eigenvalue weighted by atomic mass is 35.5. The van der Waals surface area contributed by atoms with E-state index in [1.54, 1.807) is 6.07 Å². The van der Waals surface area contributed by atoms with Crippen LogP contribution in [0, 0.1) is 5.82 Å². The molecule has 1 nitrogen and oxygen atoms in total. The zero-order chi connectivity index (χ0) is 14.7. The second kappa shape index (κ2) is 6.57. The topological polar surface area (TPSA) is 12.0 Å². The van der Waals surface area contributed by atoms with Gasteiger partial charge in [-0.05, 0) is 49.2 Å². The Balaban J connectivity index is 2.08. The first-order valence-corrected chi connectivity index (χ1v) is 7.19. The Morgan fingerprint density at radius 3 is 2.05 bits per heavy atom. The maximum atomic E-state index is 13.5. The van der Waals surface area contributed by atoms with Gasteiger partial charge in [0.25, 0.3) is 0 Å². The summed E-state index contributed by atoms with van der Waals surface area (Å²) in [6.07, 6.45) is 0. The van der Waals surface area contributed by atoms with Crippen LogP contribution in [0.15, 0.2) is 42.5 Å². The highest BCUT2D eigenvalue weighted by Gasteiger charge is 2.12. The van der Waals surface area contributed by atoms with Crippen molar-refractivity contribution in [2.45, 2.75) is 25.9 Å². The summed E-state index contributed by atoms with van der Waals surface area (Å²) in [6, 6.07) is 12.7. The van der Waals surface area contributed by atoms with Crippen LogP contribution in [0.3, 0.4) is 0 Å². The molecule has 4 heteroatoms. The average molecular weight is 312 g/mol. The predicted octanol–water partition coefficient (Wildman–Crippen LogP) is 5.54. The van der Waals surface area contributed by atoms with E-state index >= 15 is 0 Å². The zero-order valence-electron chi connectivity index (χ0n) is 11.3. The highest BCUT2D eigenvalue weighted by molar-refractivity contribution is 6.30. The fourth-order valence-corrected chi connectivity index (χ4v) is 2.34. The molecule has 0 aliphatic carbocycles. The number of hydrogen-bond acceptors (Lipinski definition) is 1. The summed E-state index contributed by atoms with van der Waals surface area (Å²) >= 11 is 11.6. The van der Waals surface area contributed by atoms with Crippen LogP contribution in [-0.2, 0) is 0 Å². The summed E-state index contributed by atoms with van der Waals surface area (Å²) in [5, 5.41) is 4.29. The van der Waals surface area contributed by atoms with Gasteiger partial charge >= 0.3 is 0 Å². The molecule has 0 bridgehead atoms. The van der Waals surface area contributed by atoms with E-state index in [0.29, 0.717) is 5.02 Å². The van der Waals surface area contributed by atoms with Gasteiger partial charge in [0.05, 0.1) is 5.02 Å². The third-order valence-electron chi connectivity index (χ3n) is 3.31.